The van der Waals surface area contributed by atoms with E-state index in [4.69, 9.17) is 4.74 Å². The summed E-state index contributed by atoms with van der Waals surface area (Å²) < 4.78 is 5.09. The molecule has 1 aromatic carbocycles. The lowest BCUT2D eigenvalue weighted by Gasteiger charge is -2.22. The van der Waals surface area contributed by atoms with Crippen LogP contribution in [0.4, 0.5) is 17.1 Å². The van der Waals surface area contributed by atoms with Gasteiger partial charge in [-0.05, 0) is 6.92 Å². The lowest BCUT2D eigenvalue weighted by molar-refractivity contribution is -0.394. The molecule has 1 amide bonds. The number of non-ortho nitro benzene ring substituents is 1. The molecule has 0 saturated carbocycles. The Bertz CT molecular complexity index is 570. The molecule has 0 aliphatic carbocycles. The number of amides is 1. The predicted octanol–water partition coefficient (Wildman–Crippen LogP) is 1.22. The first-order valence-corrected chi connectivity index (χ1v) is 4.84. The topological polar surface area (TPSA) is 125 Å². The van der Waals surface area contributed by atoms with Crippen LogP contribution in [0.1, 0.15) is 6.92 Å². The molecule has 9 nitrogen and oxygen atoms in total. The van der Waals surface area contributed by atoms with Gasteiger partial charge < -0.3 is 10.1 Å². The highest BCUT2D eigenvalue weighted by Crippen LogP contribution is 2.41. The van der Waals surface area contributed by atoms with Gasteiger partial charge in [-0.3, -0.25) is 25.0 Å². The summed E-state index contributed by atoms with van der Waals surface area (Å²) in [5, 5.41) is 23.8. The van der Waals surface area contributed by atoms with Gasteiger partial charge in [0.2, 0.25) is 5.75 Å². The van der Waals surface area contributed by atoms with Crippen LogP contribution in [0.15, 0.2) is 12.1 Å². The highest BCUT2D eigenvalue weighted by molar-refractivity contribution is 5.99. The molecule has 94 valence electrons. The molecular weight excluding hydrogens is 246 g/mol. The largest absolute Gasteiger partial charge is 0.472 e. The second-order valence-electron chi connectivity index (χ2n) is 3.61. The van der Waals surface area contributed by atoms with Crippen molar-refractivity contribution in [3.8, 4) is 5.75 Å². The van der Waals surface area contributed by atoms with Gasteiger partial charge in [0.15, 0.2) is 6.10 Å². The second kappa shape index (κ2) is 3.95. The van der Waals surface area contributed by atoms with Gasteiger partial charge in [0.05, 0.1) is 21.6 Å². The first-order valence-electron chi connectivity index (χ1n) is 4.84. The molecule has 1 aliphatic heterocycles. The smallest absolute Gasteiger partial charge is 0.320 e. The Labute approximate surface area is 99.7 Å². The average Bonchev–Trinajstić information content (AvgIpc) is 2.29. The van der Waals surface area contributed by atoms with Crippen molar-refractivity contribution in [2.24, 2.45) is 0 Å². The van der Waals surface area contributed by atoms with E-state index in [0.717, 1.165) is 12.1 Å². The molecule has 0 saturated heterocycles. The van der Waals surface area contributed by atoms with E-state index >= 15 is 0 Å². The summed E-state index contributed by atoms with van der Waals surface area (Å²) >= 11 is 0. The number of nitrogens with one attached hydrogen (secondary N) is 1. The maximum atomic E-state index is 11.3. The molecule has 0 unspecified atom stereocenters. The molecule has 2 rings (SSSR count). The summed E-state index contributed by atoms with van der Waals surface area (Å²) in [4.78, 5) is 31.2. The molecule has 0 radical (unpaired) electrons. The SMILES string of the molecule is C[C@H]1Oc2c(cc([N+](=O)[O-])cc2[N+](=O)[O-])NC1=O. The Hall–Kier alpha value is -2.71. The van der Waals surface area contributed by atoms with Crippen molar-refractivity contribution in [2.45, 2.75) is 13.0 Å². The normalized spacial score (nSPS) is 17.4. The number of ether oxygens (including phenoxy) is 1. The lowest BCUT2D eigenvalue weighted by atomic mass is 10.2. The predicted molar refractivity (Wildman–Crippen MR) is 58.5 cm³/mol. The molecule has 1 aliphatic rings. The van der Waals surface area contributed by atoms with E-state index in [1.165, 1.54) is 6.92 Å². The van der Waals surface area contributed by atoms with Gasteiger partial charge >= 0.3 is 5.69 Å². The molecule has 0 spiro atoms. The third-order valence-electron chi connectivity index (χ3n) is 2.38. The molecule has 1 aromatic rings. The zero-order valence-electron chi connectivity index (χ0n) is 9.08. The second-order valence-corrected chi connectivity index (χ2v) is 3.61. The van der Waals surface area contributed by atoms with E-state index in [1.54, 1.807) is 0 Å². The van der Waals surface area contributed by atoms with Gasteiger partial charge in [-0.25, -0.2) is 0 Å². The van der Waals surface area contributed by atoms with E-state index in [0.29, 0.717) is 0 Å². The average molecular weight is 253 g/mol. The van der Waals surface area contributed by atoms with Crippen LogP contribution in [-0.2, 0) is 4.79 Å². The Balaban J connectivity index is 2.63. The Kier molecular flexibility index (Phi) is 2.58. The van der Waals surface area contributed by atoms with Gasteiger partial charge in [-0.2, -0.15) is 0 Å². The van der Waals surface area contributed by atoms with Gasteiger partial charge in [-0.15, -0.1) is 0 Å². The molecule has 0 fully saturated rings. The van der Waals surface area contributed by atoms with Crippen LogP contribution < -0.4 is 10.1 Å². The fraction of sp³-hybridized carbons (Fsp3) is 0.222. The van der Waals surface area contributed by atoms with E-state index < -0.39 is 33.2 Å². The number of hydrogen-bond donors (Lipinski definition) is 1. The van der Waals surface area contributed by atoms with Gasteiger partial charge in [0.25, 0.3) is 11.6 Å². The van der Waals surface area contributed by atoms with Crippen LogP contribution in [0.25, 0.3) is 0 Å². The number of fused-ring (bicyclic) bond motifs is 1. The lowest BCUT2D eigenvalue weighted by Crippen LogP contribution is -2.34. The molecule has 1 heterocycles. The molecule has 9 heteroatoms. The summed E-state index contributed by atoms with van der Waals surface area (Å²) in [6.07, 6.45) is -0.891. The van der Waals surface area contributed by atoms with E-state index in [9.17, 15) is 25.0 Å². The Morgan fingerprint density at radius 3 is 2.50 bits per heavy atom. The van der Waals surface area contributed by atoms with Gasteiger partial charge in [0.1, 0.15) is 0 Å². The van der Waals surface area contributed by atoms with Crippen LogP contribution in [0.3, 0.4) is 0 Å². The first kappa shape index (κ1) is 11.8. The maximum absolute atomic E-state index is 11.3. The monoisotopic (exact) mass is 253 g/mol. The van der Waals surface area contributed by atoms with Crippen molar-refractivity contribution in [1.82, 2.24) is 0 Å². The minimum absolute atomic E-state index is 0.0704. The molecular formula is C9H7N3O6. The minimum atomic E-state index is -0.891. The summed E-state index contributed by atoms with van der Waals surface area (Å²) in [6, 6.07) is 1.81. The standard InChI is InChI=1S/C9H7N3O6/c1-4-9(13)10-6-2-5(11(14)15)3-7(12(16)17)8(6)18-4/h2-4H,1H3,(H,10,13)/t4-/m1/s1. The van der Waals surface area contributed by atoms with Crippen molar-refractivity contribution in [2.75, 3.05) is 5.32 Å². The number of rotatable bonds is 2. The van der Waals surface area contributed by atoms with Crippen molar-refractivity contribution >= 4 is 23.0 Å². The number of anilines is 1. The van der Waals surface area contributed by atoms with Crippen LogP contribution in [0, 0.1) is 20.2 Å². The summed E-state index contributed by atoms with van der Waals surface area (Å²) in [5.74, 6) is -0.685. The Morgan fingerprint density at radius 2 is 1.94 bits per heavy atom. The summed E-state index contributed by atoms with van der Waals surface area (Å²) in [6.45, 7) is 1.42. The highest BCUT2D eigenvalue weighted by Gasteiger charge is 2.33. The molecule has 0 bridgehead atoms. The summed E-state index contributed by atoms with van der Waals surface area (Å²) in [7, 11) is 0. The molecule has 1 atom stereocenters. The van der Waals surface area contributed by atoms with Crippen LogP contribution in [-0.4, -0.2) is 21.9 Å². The Morgan fingerprint density at radius 1 is 1.28 bits per heavy atom. The van der Waals surface area contributed by atoms with Crippen molar-refractivity contribution in [3.05, 3.63) is 32.4 Å². The zero-order valence-corrected chi connectivity index (χ0v) is 9.08. The number of nitrogens with zero attached hydrogens (tertiary/aromatic N) is 2. The van der Waals surface area contributed by atoms with Crippen LogP contribution >= 0.6 is 0 Å². The van der Waals surface area contributed by atoms with Crippen molar-refractivity contribution in [1.29, 1.82) is 0 Å². The highest BCUT2D eigenvalue weighted by atomic mass is 16.6. The number of nitro groups is 2. The fourth-order valence-corrected chi connectivity index (χ4v) is 1.52. The number of nitro benzene ring substituents is 2. The zero-order chi connectivity index (χ0) is 13.4. The number of hydrogen-bond acceptors (Lipinski definition) is 6. The quantitative estimate of drug-likeness (QED) is 0.624. The molecule has 0 aromatic heterocycles. The van der Waals surface area contributed by atoms with Crippen molar-refractivity contribution < 1.29 is 19.4 Å². The number of carbonyl (C=O) groups is 1. The first-order chi connectivity index (χ1) is 8.40. The number of benzene rings is 1. The van der Waals surface area contributed by atoms with Gasteiger partial charge in [-0.1, -0.05) is 0 Å². The minimum Gasteiger partial charge on any atom is -0.472 e. The third kappa shape index (κ3) is 1.81. The molecule has 1 N–H and O–H groups in total. The van der Waals surface area contributed by atoms with Crippen LogP contribution in [0.2, 0.25) is 0 Å². The summed E-state index contributed by atoms with van der Waals surface area (Å²) in [5.41, 5.74) is -1.11. The van der Waals surface area contributed by atoms with E-state index in [1.807, 2.05) is 0 Å². The van der Waals surface area contributed by atoms with E-state index in [2.05, 4.69) is 5.32 Å². The third-order valence-corrected chi connectivity index (χ3v) is 2.38. The van der Waals surface area contributed by atoms with Crippen LogP contribution in [0.5, 0.6) is 5.75 Å². The van der Waals surface area contributed by atoms with Crippen molar-refractivity contribution in [3.63, 3.8) is 0 Å². The maximum Gasteiger partial charge on any atom is 0.320 e. The van der Waals surface area contributed by atoms with E-state index in [-0.39, 0.29) is 11.4 Å². The molecule has 18 heavy (non-hydrogen) atoms. The number of carbonyl (C=O) groups excluding carboxylic acids is 1. The van der Waals surface area contributed by atoms with Gasteiger partial charge in [0, 0.05) is 6.07 Å². The fourth-order valence-electron chi connectivity index (χ4n) is 1.52.